The maximum atomic E-state index is 12.7. The van der Waals surface area contributed by atoms with Crippen molar-refractivity contribution in [2.75, 3.05) is 0 Å². The second kappa shape index (κ2) is 7.08. The molecule has 1 heterocycles. The number of hydrogen-bond donors (Lipinski definition) is 0. The highest BCUT2D eigenvalue weighted by Gasteiger charge is 2.27. The highest BCUT2D eigenvalue weighted by Crippen LogP contribution is 2.19. The summed E-state index contributed by atoms with van der Waals surface area (Å²) in [5.74, 6) is 0.456. The Kier molecular flexibility index (Phi) is 5.36. The van der Waals surface area contributed by atoms with Gasteiger partial charge in [-0.3, -0.25) is 4.79 Å². The average molecular weight is 336 g/mol. The number of nitrogens with zero attached hydrogens (tertiary/aromatic N) is 5. The lowest BCUT2D eigenvalue weighted by atomic mass is 10.2. The molecule has 0 aliphatic rings. The molecule has 7 heteroatoms. The molecule has 0 aliphatic heterocycles. The molecule has 1 aromatic heterocycles. The first kappa shape index (κ1) is 17.4. The largest absolute Gasteiger partial charge is 0.336 e. The molecule has 23 heavy (non-hydrogen) atoms. The van der Waals surface area contributed by atoms with Crippen LogP contribution in [-0.2, 0) is 4.79 Å². The molecule has 0 bridgehead atoms. The molecular weight excluding hydrogens is 314 g/mol. The Hall–Kier alpha value is -1.95. The quantitative estimate of drug-likeness (QED) is 0.841. The summed E-state index contributed by atoms with van der Waals surface area (Å²) in [6.45, 7) is 9.78. The Balaban J connectivity index is 2.22. The van der Waals surface area contributed by atoms with Crippen LogP contribution in [0.4, 0.5) is 0 Å². The minimum atomic E-state index is -0.506. The number of hydrogen-bond acceptors (Lipinski definition) is 4. The summed E-state index contributed by atoms with van der Waals surface area (Å²) in [6.07, 6.45) is 0. The maximum absolute atomic E-state index is 12.7. The molecular formula is C16H22ClN5O. The van der Waals surface area contributed by atoms with Crippen LogP contribution in [0, 0.1) is 0 Å². The number of amides is 1. The summed E-state index contributed by atoms with van der Waals surface area (Å²) in [4.78, 5) is 15.9. The van der Waals surface area contributed by atoms with E-state index in [0.717, 1.165) is 5.56 Å². The molecule has 0 radical (unpaired) electrons. The first-order chi connectivity index (χ1) is 10.8. The van der Waals surface area contributed by atoms with Gasteiger partial charge in [0, 0.05) is 22.7 Å². The van der Waals surface area contributed by atoms with E-state index in [4.69, 9.17) is 11.6 Å². The van der Waals surface area contributed by atoms with Gasteiger partial charge in [-0.25, -0.2) is 0 Å². The van der Waals surface area contributed by atoms with Gasteiger partial charge in [0.05, 0.1) is 0 Å². The van der Waals surface area contributed by atoms with Crippen molar-refractivity contribution in [2.45, 2.75) is 52.7 Å². The number of rotatable bonds is 5. The zero-order chi connectivity index (χ0) is 17.1. The number of benzene rings is 1. The van der Waals surface area contributed by atoms with Crippen molar-refractivity contribution in [3.63, 3.8) is 0 Å². The number of carbonyl (C=O) groups excluding carboxylic acids is 1. The van der Waals surface area contributed by atoms with E-state index in [9.17, 15) is 4.79 Å². The topological polar surface area (TPSA) is 63.9 Å². The Labute approximate surface area is 141 Å². The van der Waals surface area contributed by atoms with Gasteiger partial charge in [0.25, 0.3) is 0 Å². The molecule has 2 rings (SSSR count). The first-order valence-electron chi connectivity index (χ1n) is 7.69. The molecule has 6 nitrogen and oxygen atoms in total. The van der Waals surface area contributed by atoms with Crippen molar-refractivity contribution < 1.29 is 4.79 Å². The molecule has 124 valence electrons. The van der Waals surface area contributed by atoms with Gasteiger partial charge in [0.15, 0.2) is 0 Å². The van der Waals surface area contributed by atoms with E-state index in [-0.39, 0.29) is 18.0 Å². The van der Waals surface area contributed by atoms with Gasteiger partial charge in [-0.15, -0.1) is 10.2 Å². The fraction of sp³-hybridized carbons (Fsp3) is 0.500. The van der Waals surface area contributed by atoms with Crippen LogP contribution in [0.1, 0.15) is 40.7 Å². The molecule has 0 aliphatic carbocycles. The molecule has 0 saturated heterocycles. The minimum absolute atomic E-state index is 0.0185. The summed E-state index contributed by atoms with van der Waals surface area (Å²) < 4.78 is 0. The van der Waals surface area contributed by atoms with E-state index in [1.807, 2.05) is 44.7 Å². The van der Waals surface area contributed by atoms with Crippen LogP contribution >= 0.6 is 11.6 Å². The Morgan fingerprint density at radius 1 is 1.09 bits per heavy atom. The number of carbonyl (C=O) groups is 1. The van der Waals surface area contributed by atoms with Crippen LogP contribution in [-0.4, -0.2) is 43.1 Å². The normalized spacial score (nSPS) is 12.7. The first-order valence-corrected chi connectivity index (χ1v) is 8.06. The van der Waals surface area contributed by atoms with E-state index in [1.165, 1.54) is 4.80 Å². The Morgan fingerprint density at radius 3 is 2.17 bits per heavy atom. The van der Waals surface area contributed by atoms with Crippen molar-refractivity contribution in [2.24, 2.45) is 0 Å². The van der Waals surface area contributed by atoms with Crippen molar-refractivity contribution in [3.05, 3.63) is 29.3 Å². The Bertz CT molecular complexity index is 657. The van der Waals surface area contributed by atoms with Crippen LogP contribution < -0.4 is 0 Å². The van der Waals surface area contributed by atoms with E-state index >= 15 is 0 Å². The molecule has 0 N–H and O–H groups in total. The lowest BCUT2D eigenvalue weighted by Crippen LogP contribution is -2.45. The van der Waals surface area contributed by atoms with Gasteiger partial charge in [0.2, 0.25) is 11.7 Å². The van der Waals surface area contributed by atoms with Crippen LogP contribution in [0.5, 0.6) is 0 Å². The van der Waals surface area contributed by atoms with Crippen molar-refractivity contribution >= 4 is 17.5 Å². The summed E-state index contributed by atoms with van der Waals surface area (Å²) >= 11 is 5.88. The predicted molar refractivity (Wildman–Crippen MR) is 90.1 cm³/mol. The Morgan fingerprint density at radius 2 is 1.65 bits per heavy atom. The second-order valence-corrected chi connectivity index (χ2v) is 6.49. The molecule has 1 aromatic carbocycles. The van der Waals surface area contributed by atoms with Crippen LogP contribution in [0.15, 0.2) is 24.3 Å². The highest BCUT2D eigenvalue weighted by molar-refractivity contribution is 6.30. The molecule has 0 saturated carbocycles. The van der Waals surface area contributed by atoms with Crippen molar-refractivity contribution in [1.82, 2.24) is 25.1 Å². The van der Waals surface area contributed by atoms with E-state index in [1.54, 1.807) is 19.1 Å². The van der Waals surface area contributed by atoms with Gasteiger partial charge < -0.3 is 4.90 Å². The fourth-order valence-corrected chi connectivity index (χ4v) is 2.65. The summed E-state index contributed by atoms with van der Waals surface area (Å²) in [5.41, 5.74) is 0.810. The fourth-order valence-electron chi connectivity index (χ4n) is 2.52. The summed E-state index contributed by atoms with van der Waals surface area (Å²) in [6, 6.07) is 6.91. The second-order valence-electron chi connectivity index (χ2n) is 6.05. The molecule has 0 fully saturated rings. The van der Waals surface area contributed by atoms with Crippen LogP contribution in [0.2, 0.25) is 5.02 Å². The molecule has 1 unspecified atom stereocenters. The van der Waals surface area contributed by atoms with Crippen molar-refractivity contribution in [3.8, 4) is 11.4 Å². The van der Waals surface area contributed by atoms with Gasteiger partial charge in [-0.2, -0.15) is 4.80 Å². The minimum Gasteiger partial charge on any atom is -0.336 e. The van der Waals surface area contributed by atoms with E-state index < -0.39 is 6.04 Å². The average Bonchev–Trinajstić information content (AvgIpc) is 2.96. The van der Waals surface area contributed by atoms with Gasteiger partial charge >= 0.3 is 0 Å². The number of halogens is 1. The lowest BCUT2D eigenvalue weighted by molar-refractivity contribution is -0.138. The van der Waals surface area contributed by atoms with Crippen LogP contribution in [0.3, 0.4) is 0 Å². The van der Waals surface area contributed by atoms with E-state index in [2.05, 4.69) is 15.4 Å². The van der Waals surface area contributed by atoms with Crippen LogP contribution in [0.25, 0.3) is 11.4 Å². The standard InChI is InChI=1S/C16H22ClN5O/c1-10(2)21(11(3)4)16(23)12(5)22-19-15(18-20-22)13-6-8-14(17)9-7-13/h6-12H,1-5H3. The van der Waals surface area contributed by atoms with E-state index in [0.29, 0.717) is 10.8 Å². The highest BCUT2D eigenvalue weighted by atomic mass is 35.5. The molecule has 0 spiro atoms. The zero-order valence-corrected chi connectivity index (χ0v) is 14.8. The third-order valence-corrected chi connectivity index (χ3v) is 3.85. The SMILES string of the molecule is CC(C)N(C(=O)C(C)n1nnc(-c2ccc(Cl)cc2)n1)C(C)C. The van der Waals surface area contributed by atoms with Gasteiger partial charge in [-0.05, 0) is 64.1 Å². The summed E-state index contributed by atoms with van der Waals surface area (Å²) in [5, 5.41) is 13.1. The zero-order valence-electron chi connectivity index (χ0n) is 14.1. The third kappa shape index (κ3) is 3.88. The third-order valence-electron chi connectivity index (χ3n) is 3.60. The number of aromatic nitrogens is 4. The smallest absolute Gasteiger partial charge is 0.249 e. The van der Waals surface area contributed by atoms with Gasteiger partial charge in [0.1, 0.15) is 6.04 Å². The lowest BCUT2D eigenvalue weighted by Gasteiger charge is -2.32. The van der Waals surface area contributed by atoms with Gasteiger partial charge in [-0.1, -0.05) is 11.6 Å². The predicted octanol–water partition coefficient (Wildman–Crippen LogP) is 3.20. The number of tetrazole rings is 1. The summed E-state index contributed by atoms with van der Waals surface area (Å²) in [7, 11) is 0. The van der Waals surface area contributed by atoms with Crippen molar-refractivity contribution in [1.29, 1.82) is 0 Å². The molecule has 1 atom stereocenters. The monoisotopic (exact) mass is 335 g/mol. The maximum Gasteiger partial charge on any atom is 0.249 e. The molecule has 1 amide bonds. The molecule has 2 aromatic rings.